The number of carbonyl (C=O) groups is 1. The molecule has 122 valence electrons. The van der Waals surface area contributed by atoms with Crippen LogP contribution in [0.1, 0.15) is 38.2 Å². The zero-order chi connectivity index (χ0) is 16.3. The zero-order valence-electron chi connectivity index (χ0n) is 13.7. The molecule has 0 aromatic carbocycles. The van der Waals surface area contributed by atoms with Crippen LogP contribution in [0, 0.1) is 19.3 Å². The second-order valence-electron chi connectivity index (χ2n) is 6.55. The first-order valence-electron chi connectivity index (χ1n) is 7.66. The number of likely N-dealkylation sites (tertiary alicyclic amines) is 1. The van der Waals surface area contributed by atoms with Crippen LogP contribution in [0.2, 0.25) is 0 Å². The van der Waals surface area contributed by atoms with E-state index in [0.29, 0.717) is 24.1 Å². The van der Waals surface area contributed by atoms with Crippen LogP contribution in [-0.4, -0.2) is 45.8 Å². The number of amides is 1. The number of carbonyl (C=O) groups excluding carboxylic acids is 1. The van der Waals surface area contributed by atoms with Gasteiger partial charge in [-0.05, 0) is 40.5 Å². The number of aryl methyl sites for hydroxylation is 2. The maximum absolute atomic E-state index is 12.5. The molecule has 0 N–H and O–H groups in total. The van der Waals surface area contributed by atoms with Gasteiger partial charge in [-0.3, -0.25) is 4.79 Å². The summed E-state index contributed by atoms with van der Waals surface area (Å²) in [5.41, 5.74) is 0.348. The summed E-state index contributed by atoms with van der Waals surface area (Å²) in [7, 11) is 0. The van der Waals surface area contributed by atoms with Crippen molar-refractivity contribution in [3.05, 3.63) is 17.6 Å². The van der Waals surface area contributed by atoms with E-state index < -0.39 is 5.41 Å². The molecule has 0 saturated carbocycles. The normalized spacial score (nSPS) is 19.1. The van der Waals surface area contributed by atoms with Gasteiger partial charge in [0.05, 0.1) is 12.0 Å². The molecule has 22 heavy (non-hydrogen) atoms. The van der Waals surface area contributed by atoms with Crippen molar-refractivity contribution in [3.63, 3.8) is 0 Å². The molecule has 5 nitrogen and oxygen atoms in total. The fourth-order valence-electron chi connectivity index (χ4n) is 2.62. The third kappa shape index (κ3) is 4.09. The molecule has 0 bridgehead atoms. The lowest BCUT2D eigenvalue weighted by atomic mass is 9.93. The largest absolute Gasteiger partial charge is 0.472 e. The standard InChI is InChI=1S/C16H24ClN3O2/c1-11-8-14(19-12(2)18-11)22-13-6-5-7-20(9-13)15(21)16(3,4)10-17/h8,13H,5-7,9-10H2,1-4H3. The number of aromatic nitrogens is 2. The molecule has 1 atom stereocenters. The van der Waals surface area contributed by atoms with Crippen molar-refractivity contribution in [1.82, 2.24) is 14.9 Å². The van der Waals surface area contributed by atoms with Crippen LogP contribution in [-0.2, 0) is 4.79 Å². The van der Waals surface area contributed by atoms with Crippen molar-refractivity contribution in [1.29, 1.82) is 0 Å². The number of ether oxygens (including phenoxy) is 1. The Morgan fingerprint density at radius 2 is 2.18 bits per heavy atom. The first-order chi connectivity index (χ1) is 10.3. The van der Waals surface area contributed by atoms with E-state index in [9.17, 15) is 4.79 Å². The fourth-order valence-corrected chi connectivity index (χ4v) is 2.73. The minimum Gasteiger partial charge on any atom is -0.472 e. The number of piperidine rings is 1. The van der Waals surface area contributed by atoms with E-state index in [4.69, 9.17) is 16.3 Å². The Bertz CT molecular complexity index is 528. The van der Waals surface area contributed by atoms with Crippen LogP contribution in [0.3, 0.4) is 0 Å². The molecule has 2 rings (SSSR count). The van der Waals surface area contributed by atoms with Crippen LogP contribution < -0.4 is 4.74 Å². The number of halogens is 1. The van der Waals surface area contributed by atoms with Crippen LogP contribution >= 0.6 is 11.6 Å². The predicted molar refractivity (Wildman–Crippen MR) is 86.2 cm³/mol. The molecule has 0 spiro atoms. The summed E-state index contributed by atoms with van der Waals surface area (Å²) >= 11 is 5.91. The van der Waals surface area contributed by atoms with E-state index >= 15 is 0 Å². The third-order valence-electron chi connectivity index (χ3n) is 3.81. The highest BCUT2D eigenvalue weighted by atomic mass is 35.5. The maximum Gasteiger partial charge on any atom is 0.229 e. The van der Waals surface area contributed by atoms with Gasteiger partial charge in [0, 0.05) is 24.2 Å². The molecule has 1 unspecified atom stereocenters. The Kier molecular flexibility index (Phi) is 5.27. The van der Waals surface area contributed by atoms with E-state index in [1.807, 2.05) is 38.7 Å². The summed E-state index contributed by atoms with van der Waals surface area (Å²) in [4.78, 5) is 22.9. The average molecular weight is 326 g/mol. The van der Waals surface area contributed by atoms with Crippen LogP contribution in [0.15, 0.2) is 6.07 Å². The van der Waals surface area contributed by atoms with Crippen LogP contribution in [0.5, 0.6) is 5.88 Å². The molecule has 1 aliphatic heterocycles. The Morgan fingerprint density at radius 1 is 1.45 bits per heavy atom. The number of alkyl halides is 1. The molecule has 0 aliphatic carbocycles. The first kappa shape index (κ1) is 17.0. The zero-order valence-corrected chi connectivity index (χ0v) is 14.5. The van der Waals surface area contributed by atoms with Crippen molar-refractivity contribution < 1.29 is 9.53 Å². The van der Waals surface area contributed by atoms with Gasteiger partial charge in [0.2, 0.25) is 11.8 Å². The topological polar surface area (TPSA) is 55.3 Å². The molecule has 1 aromatic rings. The molecule has 1 saturated heterocycles. The molecule has 1 fully saturated rings. The quantitative estimate of drug-likeness (QED) is 0.799. The molecular formula is C16H24ClN3O2. The van der Waals surface area contributed by atoms with Gasteiger partial charge in [0.15, 0.2) is 0 Å². The molecule has 1 aromatic heterocycles. The molecular weight excluding hydrogens is 302 g/mol. The monoisotopic (exact) mass is 325 g/mol. The minimum absolute atomic E-state index is 0.0301. The van der Waals surface area contributed by atoms with Gasteiger partial charge < -0.3 is 9.64 Å². The molecule has 0 radical (unpaired) electrons. The van der Waals surface area contributed by atoms with E-state index in [0.717, 1.165) is 25.1 Å². The number of nitrogens with zero attached hydrogens (tertiary/aromatic N) is 3. The van der Waals surface area contributed by atoms with Crippen LogP contribution in [0.4, 0.5) is 0 Å². The summed E-state index contributed by atoms with van der Waals surface area (Å²) in [6.45, 7) is 8.87. The van der Waals surface area contributed by atoms with Gasteiger partial charge in [-0.25, -0.2) is 4.98 Å². The van der Waals surface area contributed by atoms with E-state index in [-0.39, 0.29) is 12.0 Å². The molecule has 1 amide bonds. The van der Waals surface area contributed by atoms with Crippen molar-refractivity contribution >= 4 is 17.5 Å². The Labute approximate surface area is 137 Å². The maximum atomic E-state index is 12.5. The fraction of sp³-hybridized carbons (Fsp3) is 0.688. The SMILES string of the molecule is Cc1cc(OC2CCCN(C(=O)C(C)(C)CCl)C2)nc(C)n1. The molecule has 6 heteroatoms. The summed E-state index contributed by atoms with van der Waals surface area (Å²) in [6, 6.07) is 1.83. The first-order valence-corrected chi connectivity index (χ1v) is 8.19. The lowest BCUT2D eigenvalue weighted by Crippen LogP contribution is -2.49. The molecule has 1 aliphatic rings. The smallest absolute Gasteiger partial charge is 0.229 e. The van der Waals surface area contributed by atoms with Crippen molar-refractivity contribution in [2.75, 3.05) is 19.0 Å². The average Bonchev–Trinajstić information content (AvgIpc) is 2.45. The Morgan fingerprint density at radius 3 is 2.82 bits per heavy atom. The molecule has 2 heterocycles. The summed E-state index contributed by atoms with van der Waals surface area (Å²) in [5, 5.41) is 0. The highest BCUT2D eigenvalue weighted by Gasteiger charge is 2.34. The van der Waals surface area contributed by atoms with Gasteiger partial charge in [-0.15, -0.1) is 11.6 Å². The van der Waals surface area contributed by atoms with Crippen LogP contribution in [0.25, 0.3) is 0 Å². The number of rotatable bonds is 4. The third-order valence-corrected chi connectivity index (χ3v) is 4.48. The van der Waals surface area contributed by atoms with E-state index in [1.165, 1.54) is 0 Å². The van der Waals surface area contributed by atoms with Gasteiger partial charge in [0.1, 0.15) is 11.9 Å². The predicted octanol–water partition coefficient (Wildman–Crippen LogP) is 2.73. The second kappa shape index (κ2) is 6.82. The summed E-state index contributed by atoms with van der Waals surface area (Å²) in [6.07, 6.45) is 1.82. The highest BCUT2D eigenvalue weighted by molar-refractivity contribution is 6.19. The second-order valence-corrected chi connectivity index (χ2v) is 6.81. The Balaban J connectivity index is 2.03. The van der Waals surface area contributed by atoms with Crippen molar-refractivity contribution in [2.24, 2.45) is 5.41 Å². The number of hydrogen-bond donors (Lipinski definition) is 0. The lowest BCUT2D eigenvalue weighted by molar-refractivity contribution is -0.142. The lowest BCUT2D eigenvalue weighted by Gasteiger charge is -2.36. The van der Waals surface area contributed by atoms with Gasteiger partial charge in [0.25, 0.3) is 0 Å². The van der Waals surface area contributed by atoms with Crippen molar-refractivity contribution in [2.45, 2.75) is 46.6 Å². The minimum atomic E-state index is -0.536. The van der Waals surface area contributed by atoms with Gasteiger partial charge in [-0.1, -0.05) is 0 Å². The van der Waals surface area contributed by atoms with E-state index in [2.05, 4.69) is 9.97 Å². The summed E-state index contributed by atoms with van der Waals surface area (Å²) in [5.74, 6) is 1.69. The van der Waals surface area contributed by atoms with Gasteiger partial charge in [-0.2, -0.15) is 4.98 Å². The van der Waals surface area contributed by atoms with E-state index in [1.54, 1.807) is 0 Å². The highest BCUT2D eigenvalue weighted by Crippen LogP contribution is 2.24. The Hall–Kier alpha value is -1.36. The van der Waals surface area contributed by atoms with Crippen molar-refractivity contribution in [3.8, 4) is 5.88 Å². The number of hydrogen-bond acceptors (Lipinski definition) is 4. The van der Waals surface area contributed by atoms with Gasteiger partial charge >= 0.3 is 0 Å². The summed E-state index contributed by atoms with van der Waals surface area (Å²) < 4.78 is 5.97.